The van der Waals surface area contributed by atoms with Crippen LogP contribution in [0.2, 0.25) is 10.0 Å². The molecular weight excluding hydrogens is 445 g/mol. The van der Waals surface area contributed by atoms with E-state index in [0.29, 0.717) is 52.1 Å². The molecule has 1 saturated heterocycles. The number of hydrogen-bond acceptors (Lipinski definition) is 6. The predicted molar refractivity (Wildman–Crippen MR) is 118 cm³/mol. The largest absolute Gasteiger partial charge is 0.493 e. The van der Waals surface area contributed by atoms with Crippen molar-refractivity contribution in [1.29, 1.82) is 0 Å². The molecule has 1 amide bonds. The first-order chi connectivity index (χ1) is 14.9. The summed E-state index contributed by atoms with van der Waals surface area (Å²) in [6.07, 6.45) is 0.284. The molecule has 2 aromatic carbocycles. The van der Waals surface area contributed by atoms with Crippen molar-refractivity contribution >= 4 is 29.1 Å². The summed E-state index contributed by atoms with van der Waals surface area (Å²) in [4.78, 5) is 15.2. The Bertz CT molecular complexity index is 938. The van der Waals surface area contributed by atoms with E-state index < -0.39 is 6.23 Å². The lowest BCUT2D eigenvalue weighted by Crippen LogP contribution is -2.32. The first kappa shape index (κ1) is 23.5. The lowest BCUT2D eigenvalue weighted by molar-refractivity contribution is -0.00229. The van der Waals surface area contributed by atoms with E-state index in [1.807, 2.05) is 0 Å². The second kappa shape index (κ2) is 10.4. The standard InChI is InChI=1S/C22H25Cl2NO6/c1-28-18-9-7-15(19(29-2)20(18)30-3)21(27)25-12-14(5-4-10-26)31-22(25)13-6-8-16(23)17(24)11-13/h6-9,11,14,22,26H,4-5,10,12H2,1-3H3/t14-,22?/m1/s1. The van der Waals surface area contributed by atoms with Crippen LogP contribution in [0.4, 0.5) is 0 Å². The summed E-state index contributed by atoms with van der Waals surface area (Å²) in [5.74, 6) is 0.772. The molecule has 1 aliphatic heterocycles. The fourth-order valence-electron chi connectivity index (χ4n) is 3.63. The van der Waals surface area contributed by atoms with Crippen molar-refractivity contribution in [2.45, 2.75) is 25.2 Å². The van der Waals surface area contributed by atoms with Gasteiger partial charge in [0.2, 0.25) is 5.75 Å². The molecule has 1 fully saturated rings. The molecule has 1 N–H and O–H groups in total. The van der Waals surface area contributed by atoms with Crippen molar-refractivity contribution in [3.05, 3.63) is 51.5 Å². The number of carbonyl (C=O) groups excluding carboxylic acids is 1. The van der Waals surface area contributed by atoms with Gasteiger partial charge >= 0.3 is 0 Å². The average Bonchev–Trinajstić information content (AvgIpc) is 3.21. The minimum absolute atomic E-state index is 0.0503. The Morgan fingerprint density at radius 2 is 1.84 bits per heavy atom. The van der Waals surface area contributed by atoms with Crippen molar-refractivity contribution < 1.29 is 28.8 Å². The van der Waals surface area contributed by atoms with Gasteiger partial charge in [-0.1, -0.05) is 29.3 Å². The van der Waals surface area contributed by atoms with E-state index in [0.717, 1.165) is 0 Å². The lowest BCUT2D eigenvalue weighted by Gasteiger charge is -2.25. The van der Waals surface area contributed by atoms with E-state index >= 15 is 0 Å². The van der Waals surface area contributed by atoms with E-state index in [2.05, 4.69) is 0 Å². The highest BCUT2D eigenvalue weighted by Crippen LogP contribution is 2.42. The Kier molecular flexibility index (Phi) is 7.89. The van der Waals surface area contributed by atoms with Crippen LogP contribution in [0.15, 0.2) is 30.3 Å². The Morgan fingerprint density at radius 1 is 1.10 bits per heavy atom. The van der Waals surface area contributed by atoms with Gasteiger partial charge in [0, 0.05) is 12.2 Å². The maximum absolute atomic E-state index is 13.6. The van der Waals surface area contributed by atoms with E-state index in [4.69, 9.17) is 42.1 Å². The van der Waals surface area contributed by atoms with E-state index in [1.54, 1.807) is 35.2 Å². The first-order valence-corrected chi connectivity index (χ1v) is 10.5. The van der Waals surface area contributed by atoms with Crippen molar-refractivity contribution in [2.24, 2.45) is 0 Å². The summed E-state index contributed by atoms with van der Waals surface area (Å²) in [7, 11) is 4.46. The molecule has 1 unspecified atom stereocenters. The number of aliphatic hydroxyl groups is 1. The second-order valence-electron chi connectivity index (χ2n) is 6.99. The molecule has 7 nitrogen and oxygen atoms in total. The number of carbonyl (C=O) groups is 1. The summed E-state index contributed by atoms with van der Waals surface area (Å²) in [6.45, 7) is 0.399. The van der Waals surface area contributed by atoms with Gasteiger partial charge in [-0.05, 0) is 37.1 Å². The molecular formula is C22H25Cl2NO6. The van der Waals surface area contributed by atoms with Gasteiger partial charge in [0.25, 0.3) is 5.91 Å². The molecule has 0 spiro atoms. The maximum Gasteiger partial charge on any atom is 0.260 e. The number of rotatable bonds is 8. The molecule has 31 heavy (non-hydrogen) atoms. The van der Waals surface area contributed by atoms with Crippen molar-refractivity contribution in [3.8, 4) is 17.2 Å². The number of nitrogens with zero attached hydrogens (tertiary/aromatic N) is 1. The van der Waals surface area contributed by atoms with Crippen LogP contribution in [0, 0.1) is 0 Å². The number of amides is 1. The number of hydrogen-bond donors (Lipinski definition) is 1. The van der Waals surface area contributed by atoms with Gasteiger partial charge < -0.3 is 29.0 Å². The summed E-state index contributed by atoms with van der Waals surface area (Å²) in [5.41, 5.74) is 1.02. The third-order valence-electron chi connectivity index (χ3n) is 5.11. The predicted octanol–water partition coefficient (Wildman–Crippen LogP) is 4.33. The zero-order valence-corrected chi connectivity index (χ0v) is 19.1. The van der Waals surface area contributed by atoms with Crippen LogP contribution in [0.3, 0.4) is 0 Å². The van der Waals surface area contributed by atoms with Crippen LogP contribution < -0.4 is 14.2 Å². The number of ether oxygens (including phenoxy) is 4. The Labute approximate surface area is 191 Å². The lowest BCUT2D eigenvalue weighted by atomic mass is 10.1. The SMILES string of the molecule is COc1ccc(C(=O)N2C[C@@H](CCCO)OC2c2ccc(Cl)c(Cl)c2)c(OC)c1OC. The molecule has 1 aliphatic rings. The molecule has 0 bridgehead atoms. The van der Waals surface area contributed by atoms with Crippen molar-refractivity contribution in [3.63, 3.8) is 0 Å². The summed E-state index contributed by atoms with van der Waals surface area (Å²) < 4.78 is 22.4. The summed E-state index contributed by atoms with van der Waals surface area (Å²) >= 11 is 12.3. The van der Waals surface area contributed by atoms with Crippen molar-refractivity contribution in [2.75, 3.05) is 34.5 Å². The molecule has 168 valence electrons. The van der Waals surface area contributed by atoms with Crippen molar-refractivity contribution in [1.82, 2.24) is 4.90 Å². The highest BCUT2D eigenvalue weighted by atomic mass is 35.5. The second-order valence-corrected chi connectivity index (χ2v) is 7.80. The molecule has 1 heterocycles. The number of halogens is 2. The minimum Gasteiger partial charge on any atom is -0.493 e. The third kappa shape index (κ3) is 4.85. The smallest absolute Gasteiger partial charge is 0.260 e. The van der Waals surface area contributed by atoms with Crippen LogP contribution in [0.5, 0.6) is 17.2 Å². The Morgan fingerprint density at radius 3 is 2.45 bits per heavy atom. The molecule has 2 atom stereocenters. The van der Waals surface area contributed by atoms with E-state index in [1.165, 1.54) is 21.3 Å². The van der Waals surface area contributed by atoms with Gasteiger partial charge in [0.05, 0.1) is 49.6 Å². The van der Waals surface area contributed by atoms with Gasteiger partial charge in [-0.2, -0.15) is 0 Å². The van der Waals surface area contributed by atoms with Gasteiger partial charge in [0.15, 0.2) is 17.7 Å². The fourth-order valence-corrected chi connectivity index (χ4v) is 3.94. The molecule has 2 aromatic rings. The van der Waals surface area contributed by atoms with Crippen LogP contribution >= 0.6 is 23.2 Å². The third-order valence-corrected chi connectivity index (χ3v) is 5.85. The topological polar surface area (TPSA) is 77.5 Å². The van der Waals surface area contributed by atoms with Crippen LogP contribution in [-0.4, -0.2) is 56.5 Å². The number of benzene rings is 2. The number of methoxy groups -OCH3 is 3. The molecule has 0 saturated carbocycles. The van der Waals surface area contributed by atoms with Crippen LogP contribution in [-0.2, 0) is 4.74 Å². The quantitative estimate of drug-likeness (QED) is 0.619. The number of aliphatic hydroxyl groups excluding tert-OH is 1. The van der Waals surface area contributed by atoms with E-state index in [-0.39, 0.29) is 24.4 Å². The monoisotopic (exact) mass is 469 g/mol. The van der Waals surface area contributed by atoms with Crippen LogP contribution in [0.25, 0.3) is 0 Å². The van der Waals surface area contributed by atoms with Gasteiger partial charge in [0.1, 0.15) is 0 Å². The van der Waals surface area contributed by atoms with Crippen LogP contribution in [0.1, 0.15) is 35.0 Å². The average molecular weight is 470 g/mol. The Hall–Kier alpha value is -2.19. The zero-order chi connectivity index (χ0) is 22.5. The fraction of sp³-hybridized carbons (Fsp3) is 0.409. The maximum atomic E-state index is 13.6. The normalized spacial score (nSPS) is 18.2. The summed E-state index contributed by atoms with van der Waals surface area (Å²) in [5, 5.41) is 9.98. The molecule has 0 radical (unpaired) electrons. The highest BCUT2D eigenvalue weighted by molar-refractivity contribution is 6.42. The van der Waals surface area contributed by atoms with Gasteiger partial charge in [-0.3, -0.25) is 4.79 Å². The molecule has 9 heteroatoms. The summed E-state index contributed by atoms with van der Waals surface area (Å²) in [6, 6.07) is 8.43. The first-order valence-electron chi connectivity index (χ1n) is 9.76. The van der Waals surface area contributed by atoms with Gasteiger partial charge in [-0.15, -0.1) is 0 Å². The van der Waals surface area contributed by atoms with E-state index in [9.17, 15) is 9.90 Å². The highest BCUT2D eigenvalue weighted by Gasteiger charge is 2.39. The molecule has 0 aromatic heterocycles. The molecule has 3 rings (SSSR count). The molecule has 0 aliphatic carbocycles. The zero-order valence-electron chi connectivity index (χ0n) is 17.6. The van der Waals surface area contributed by atoms with Gasteiger partial charge in [-0.25, -0.2) is 0 Å². The minimum atomic E-state index is -0.663. The Balaban J connectivity index is 2.00.